The van der Waals surface area contributed by atoms with E-state index in [0.717, 1.165) is 34.2 Å². The highest BCUT2D eigenvalue weighted by atomic mass is 35.5. The van der Waals surface area contributed by atoms with Crippen LogP contribution in [0.5, 0.6) is 0 Å². The first-order valence-electron chi connectivity index (χ1n) is 9.14. The van der Waals surface area contributed by atoms with Crippen LogP contribution in [0.25, 0.3) is 10.1 Å². The molecular formula is C21H18ClN3O2S2. The molecule has 1 aliphatic rings. The van der Waals surface area contributed by atoms with E-state index in [1.807, 2.05) is 49.4 Å². The SMILES string of the molecule is Cc1c(NC(=O)C2CC2)cccc1NC(=S)NC(=O)c1sc2ccccc2c1Cl. The summed E-state index contributed by atoms with van der Waals surface area (Å²) in [6.45, 7) is 1.89. The fourth-order valence-corrected chi connectivity index (χ4v) is 4.58. The number of halogens is 1. The molecule has 1 aromatic heterocycles. The lowest BCUT2D eigenvalue weighted by atomic mass is 10.1. The summed E-state index contributed by atoms with van der Waals surface area (Å²) in [6, 6.07) is 13.1. The highest BCUT2D eigenvalue weighted by Gasteiger charge is 2.29. The van der Waals surface area contributed by atoms with Crippen molar-refractivity contribution in [3.05, 3.63) is 57.9 Å². The van der Waals surface area contributed by atoms with Gasteiger partial charge in [0.1, 0.15) is 4.88 Å². The number of rotatable bonds is 4. The van der Waals surface area contributed by atoms with Gasteiger partial charge in [0.05, 0.1) is 5.02 Å². The highest BCUT2D eigenvalue weighted by molar-refractivity contribution is 7.80. The molecule has 29 heavy (non-hydrogen) atoms. The maximum atomic E-state index is 12.6. The van der Waals surface area contributed by atoms with Gasteiger partial charge in [0.25, 0.3) is 5.91 Å². The Kier molecular flexibility index (Phi) is 5.54. The zero-order valence-electron chi connectivity index (χ0n) is 15.5. The van der Waals surface area contributed by atoms with Crippen molar-refractivity contribution in [2.45, 2.75) is 19.8 Å². The van der Waals surface area contributed by atoms with E-state index in [9.17, 15) is 9.59 Å². The molecule has 1 heterocycles. The van der Waals surface area contributed by atoms with Crippen LogP contribution in [0.15, 0.2) is 42.5 Å². The molecule has 2 aromatic carbocycles. The lowest BCUT2D eigenvalue weighted by Gasteiger charge is -2.15. The van der Waals surface area contributed by atoms with Gasteiger partial charge in [-0.1, -0.05) is 35.9 Å². The molecule has 3 N–H and O–H groups in total. The summed E-state index contributed by atoms with van der Waals surface area (Å²) in [5.74, 6) is -0.192. The highest BCUT2D eigenvalue weighted by Crippen LogP contribution is 2.35. The van der Waals surface area contributed by atoms with Gasteiger partial charge in [-0.05, 0) is 55.7 Å². The van der Waals surface area contributed by atoms with E-state index in [2.05, 4.69) is 16.0 Å². The van der Waals surface area contributed by atoms with Gasteiger partial charge in [-0.15, -0.1) is 11.3 Å². The normalized spacial score (nSPS) is 13.2. The minimum absolute atomic E-state index is 0.0422. The van der Waals surface area contributed by atoms with Crippen molar-refractivity contribution in [2.75, 3.05) is 10.6 Å². The second-order valence-corrected chi connectivity index (χ2v) is 8.73. The van der Waals surface area contributed by atoms with Crippen molar-refractivity contribution in [1.29, 1.82) is 0 Å². The number of fused-ring (bicyclic) bond motifs is 1. The average Bonchev–Trinajstić information content (AvgIpc) is 3.49. The van der Waals surface area contributed by atoms with Gasteiger partial charge in [0.15, 0.2) is 5.11 Å². The second-order valence-electron chi connectivity index (χ2n) is 6.89. The predicted molar refractivity (Wildman–Crippen MR) is 123 cm³/mol. The Morgan fingerprint density at radius 1 is 1.07 bits per heavy atom. The predicted octanol–water partition coefficient (Wildman–Crippen LogP) is 5.34. The van der Waals surface area contributed by atoms with Crippen molar-refractivity contribution in [2.24, 2.45) is 5.92 Å². The van der Waals surface area contributed by atoms with Gasteiger partial charge in [0.2, 0.25) is 5.91 Å². The van der Waals surface area contributed by atoms with Crippen LogP contribution in [0.3, 0.4) is 0 Å². The van der Waals surface area contributed by atoms with E-state index in [4.69, 9.17) is 23.8 Å². The van der Waals surface area contributed by atoms with E-state index in [0.29, 0.717) is 15.6 Å². The van der Waals surface area contributed by atoms with Gasteiger partial charge >= 0.3 is 0 Å². The van der Waals surface area contributed by atoms with Crippen LogP contribution in [0, 0.1) is 12.8 Å². The van der Waals surface area contributed by atoms with E-state index in [-0.39, 0.29) is 22.8 Å². The molecule has 0 bridgehead atoms. The Balaban J connectivity index is 1.45. The van der Waals surface area contributed by atoms with Crippen molar-refractivity contribution < 1.29 is 9.59 Å². The van der Waals surface area contributed by atoms with Crippen LogP contribution in [-0.2, 0) is 4.79 Å². The van der Waals surface area contributed by atoms with Crippen molar-refractivity contribution in [3.63, 3.8) is 0 Å². The van der Waals surface area contributed by atoms with Gasteiger partial charge in [-0.25, -0.2) is 0 Å². The fourth-order valence-electron chi connectivity index (χ4n) is 2.96. The monoisotopic (exact) mass is 443 g/mol. The minimum atomic E-state index is -0.357. The number of thiophene rings is 1. The number of nitrogens with one attached hydrogen (secondary N) is 3. The number of hydrogen-bond acceptors (Lipinski definition) is 4. The van der Waals surface area contributed by atoms with E-state index in [1.54, 1.807) is 0 Å². The summed E-state index contributed by atoms with van der Waals surface area (Å²) in [5.41, 5.74) is 2.29. The first-order chi connectivity index (χ1) is 13.9. The first kappa shape index (κ1) is 19.8. The number of benzene rings is 2. The minimum Gasteiger partial charge on any atom is -0.332 e. The molecule has 0 aliphatic heterocycles. The largest absolute Gasteiger partial charge is 0.332 e. The molecule has 5 nitrogen and oxygen atoms in total. The summed E-state index contributed by atoms with van der Waals surface area (Å²) < 4.78 is 0.941. The van der Waals surface area contributed by atoms with Gasteiger partial charge in [-0.3, -0.25) is 14.9 Å². The van der Waals surface area contributed by atoms with Gasteiger partial charge < -0.3 is 10.6 Å². The number of carbonyl (C=O) groups is 2. The molecule has 0 atom stereocenters. The molecule has 0 unspecified atom stereocenters. The van der Waals surface area contributed by atoms with Gasteiger partial charge in [0, 0.05) is 27.4 Å². The molecule has 2 amide bonds. The lowest BCUT2D eigenvalue weighted by molar-refractivity contribution is -0.117. The summed E-state index contributed by atoms with van der Waals surface area (Å²) in [4.78, 5) is 25.1. The molecule has 3 aromatic rings. The summed E-state index contributed by atoms with van der Waals surface area (Å²) in [6.07, 6.45) is 1.89. The van der Waals surface area contributed by atoms with Crippen LogP contribution < -0.4 is 16.0 Å². The quantitative estimate of drug-likeness (QED) is 0.476. The molecular weight excluding hydrogens is 426 g/mol. The molecule has 8 heteroatoms. The maximum Gasteiger partial charge on any atom is 0.269 e. The second kappa shape index (κ2) is 8.10. The molecule has 148 valence electrons. The third-order valence-electron chi connectivity index (χ3n) is 4.76. The lowest BCUT2D eigenvalue weighted by Crippen LogP contribution is -2.34. The number of hydrogen-bond donors (Lipinski definition) is 3. The Labute approximate surface area is 182 Å². The molecule has 1 fully saturated rings. The van der Waals surface area contributed by atoms with Crippen molar-refractivity contribution in [1.82, 2.24) is 5.32 Å². The van der Waals surface area contributed by atoms with Crippen molar-refractivity contribution in [3.8, 4) is 0 Å². The topological polar surface area (TPSA) is 70.2 Å². The van der Waals surface area contributed by atoms with Crippen LogP contribution in [0.2, 0.25) is 5.02 Å². The zero-order chi connectivity index (χ0) is 20.5. The Bertz CT molecular complexity index is 1140. The number of thiocarbonyl (C=S) groups is 1. The van der Waals surface area contributed by atoms with Crippen LogP contribution in [-0.4, -0.2) is 16.9 Å². The van der Waals surface area contributed by atoms with E-state index < -0.39 is 0 Å². The van der Waals surface area contributed by atoms with Crippen LogP contribution in [0.4, 0.5) is 11.4 Å². The molecule has 0 saturated heterocycles. The van der Waals surface area contributed by atoms with Crippen molar-refractivity contribution >= 4 is 73.5 Å². The van der Waals surface area contributed by atoms with E-state index >= 15 is 0 Å². The Morgan fingerprint density at radius 2 is 1.76 bits per heavy atom. The molecule has 1 saturated carbocycles. The third-order valence-corrected chi connectivity index (χ3v) is 6.63. The first-order valence-corrected chi connectivity index (χ1v) is 10.7. The smallest absolute Gasteiger partial charge is 0.269 e. The summed E-state index contributed by atoms with van der Waals surface area (Å²) >= 11 is 13.0. The Morgan fingerprint density at radius 3 is 2.45 bits per heavy atom. The Hall–Kier alpha value is -2.48. The molecule has 4 rings (SSSR count). The zero-order valence-corrected chi connectivity index (χ0v) is 17.9. The summed E-state index contributed by atoms with van der Waals surface area (Å²) in [5, 5.41) is 10.1. The van der Waals surface area contributed by atoms with Gasteiger partial charge in [-0.2, -0.15) is 0 Å². The number of carbonyl (C=O) groups excluding carboxylic acids is 2. The van der Waals surface area contributed by atoms with Crippen LogP contribution in [0.1, 0.15) is 28.1 Å². The molecule has 1 aliphatic carbocycles. The number of amides is 2. The summed E-state index contributed by atoms with van der Waals surface area (Å²) in [7, 11) is 0. The number of anilines is 2. The third kappa shape index (κ3) is 4.27. The van der Waals surface area contributed by atoms with E-state index in [1.165, 1.54) is 11.3 Å². The van der Waals surface area contributed by atoms with Crippen LogP contribution >= 0.6 is 35.2 Å². The fraction of sp³-hybridized carbons (Fsp3) is 0.190. The maximum absolute atomic E-state index is 12.6. The average molecular weight is 444 g/mol. The standard InChI is InChI=1S/C21H18ClN3O2S2/c1-11-14(23-19(26)12-9-10-12)6-4-7-15(11)24-21(28)25-20(27)18-17(22)13-5-2-3-8-16(13)29-18/h2-8,12H,9-10H2,1H3,(H,23,26)(H2,24,25,27,28). The molecule has 0 radical (unpaired) electrons. The molecule has 0 spiro atoms.